The van der Waals surface area contributed by atoms with Gasteiger partial charge >= 0.3 is 5.97 Å². The molecule has 0 fully saturated rings. The second-order valence-corrected chi connectivity index (χ2v) is 7.24. The van der Waals surface area contributed by atoms with Crippen molar-refractivity contribution in [1.29, 1.82) is 5.41 Å². The van der Waals surface area contributed by atoms with E-state index in [9.17, 15) is 4.79 Å². The van der Waals surface area contributed by atoms with E-state index in [0.717, 1.165) is 32.5 Å². The molecule has 0 unspecified atom stereocenters. The van der Waals surface area contributed by atoms with Crippen molar-refractivity contribution >= 4 is 39.9 Å². The van der Waals surface area contributed by atoms with Gasteiger partial charge in [0.2, 0.25) is 0 Å². The Morgan fingerprint density at radius 3 is 2.65 bits per heavy atom. The topological polar surface area (TPSA) is 59.4 Å². The normalized spacial score (nSPS) is 10.5. The molecule has 1 N–H and O–H groups in total. The molecular weight excluding hydrogens is 414 g/mol. The van der Waals surface area contributed by atoms with E-state index in [4.69, 9.17) is 14.9 Å². The van der Waals surface area contributed by atoms with Crippen LogP contribution in [0.1, 0.15) is 37.0 Å². The van der Waals surface area contributed by atoms with Crippen LogP contribution in [0.4, 0.5) is 0 Å². The number of benzene rings is 2. The number of nitrogens with one attached hydrogen (secondary N) is 1. The summed E-state index contributed by atoms with van der Waals surface area (Å²) < 4.78 is 12.3. The number of halogens is 1. The van der Waals surface area contributed by atoms with E-state index >= 15 is 0 Å². The van der Waals surface area contributed by atoms with Crippen LogP contribution < -0.4 is 9.47 Å². The smallest absolute Gasteiger partial charge is 0.310 e. The standard InChI is InChI=1S/C20H22BrNO3S/c1-4-13-9-16(21)18(10-14(13)11-22)24-12-15-17(25-20(23)5-2)7-6-8-19(15)26-3/h6-11,22H,4-5,12H2,1-3H3. The van der Waals surface area contributed by atoms with Crippen molar-refractivity contribution in [2.24, 2.45) is 0 Å². The lowest BCUT2D eigenvalue weighted by molar-refractivity contribution is -0.134. The highest BCUT2D eigenvalue weighted by Gasteiger charge is 2.14. The fourth-order valence-corrected chi connectivity index (χ4v) is 3.61. The maximum Gasteiger partial charge on any atom is 0.310 e. The molecular formula is C20H22BrNO3S. The maximum atomic E-state index is 11.7. The molecule has 2 aromatic carbocycles. The van der Waals surface area contributed by atoms with Gasteiger partial charge in [-0.3, -0.25) is 4.79 Å². The summed E-state index contributed by atoms with van der Waals surface area (Å²) in [7, 11) is 0. The summed E-state index contributed by atoms with van der Waals surface area (Å²) in [5.41, 5.74) is 2.76. The Labute approximate surface area is 166 Å². The van der Waals surface area contributed by atoms with Gasteiger partial charge < -0.3 is 14.9 Å². The quantitative estimate of drug-likeness (QED) is 0.252. The molecule has 0 atom stereocenters. The van der Waals surface area contributed by atoms with Gasteiger partial charge in [0.25, 0.3) is 0 Å². The summed E-state index contributed by atoms with van der Waals surface area (Å²) in [4.78, 5) is 12.7. The average Bonchev–Trinajstić information content (AvgIpc) is 2.66. The molecule has 6 heteroatoms. The monoisotopic (exact) mass is 435 g/mol. The third-order valence-electron chi connectivity index (χ3n) is 3.92. The molecule has 2 aromatic rings. The molecule has 138 valence electrons. The Hall–Kier alpha value is -1.79. The molecule has 0 saturated heterocycles. The molecule has 4 nitrogen and oxygen atoms in total. The van der Waals surface area contributed by atoms with Crippen molar-refractivity contribution < 1.29 is 14.3 Å². The molecule has 0 radical (unpaired) electrons. The SMILES string of the molecule is CCC(=O)Oc1cccc(SC)c1COc1cc(C=N)c(CC)cc1Br. The minimum atomic E-state index is -0.274. The Balaban J connectivity index is 2.31. The lowest BCUT2D eigenvalue weighted by Gasteiger charge is -2.16. The van der Waals surface area contributed by atoms with Crippen LogP contribution in [0.3, 0.4) is 0 Å². The Morgan fingerprint density at radius 1 is 1.27 bits per heavy atom. The number of thioether (sulfide) groups is 1. The molecule has 0 aliphatic heterocycles. The van der Waals surface area contributed by atoms with Crippen LogP contribution in [-0.4, -0.2) is 18.4 Å². The lowest BCUT2D eigenvalue weighted by atomic mass is 10.1. The van der Waals surface area contributed by atoms with Crippen LogP contribution >= 0.6 is 27.7 Å². The molecule has 0 amide bonds. The average molecular weight is 436 g/mol. The second-order valence-electron chi connectivity index (χ2n) is 5.53. The molecule has 0 bridgehead atoms. The van der Waals surface area contributed by atoms with Crippen LogP contribution in [0.5, 0.6) is 11.5 Å². The van der Waals surface area contributed by atoms with E-state index in [1.54, 1.807) is 24.8 Å². The molecule has 0 aromatic heterocycles. The third-order valence-corrected chi connectivity index (χ3v) is 5.37. The predicted octanol–water partition coefficient (Wildman–Crippen LogP) is 5.63. The summed E-state index contributed by atoms with van der Waals surface area (Å²) in [6.07, 6.45) is 4.47. The molecule has 0 spiro atoms. The van der Waals surface area contributed by atoms with Gasteiger partial charge in [-0.05, 0) is 64.0 Å². The van der Waals surface area contributed by atoms with Gasteiger partial charge in [-0.15, -0.1) is 11.8 Å². The first kappa shape index (κ1) is 20.5. The van der Waals surface area contributed by atoms with Crippen LogP contribution in [0.25, 0.3) is 0 Å². The van der Waals surface area contributed by atoms with Gasteiger partial charge in [-0.2, -0.15) is 0 Å². The molecule has 0 aliphatic carbocycles. The highest BCUT2D eigenvalue weighted by Crippen LogP contribution is 2.33. The van der Waals surface area contributed by atoms with Gasteiger partial charge in [0.05, 0.1) is 4.47 Å². The van der Waals surface area contributed by atoms with Gasteiger partial charge in [0.1, 0.15) is 18.1 Å². The van der Waals surface area contributed by atoms with Crippen molar-refractivity contribution in [3.8, 4) is 11.5 Å². The second kappa shape index (κ2) is 9.78. The van der Waals surface area contributed by atoms with Crippen molar-refractivity contribution in [2.45, 2.75) is 38.2 Å². The van der Waals surface area contributed by atoms with E-state index in [-0.39, 0.29) is 12.6 Å². The highest BCUT2D eigenvalue weighted by atomic mass is 79.9. The molecule has 0 heterocycles. The molecule has 0 aliphatic rings. The summed E-state index contributed by atoms with van der Waals surface area (Å²) in [5.74, 6) is 0.908. The van der Waals surface area contributed by atoms with E-state index in [1.807, 2.05) is 30.5 Å². The largest absolute Gasteiger partial charge is 0.488 e. The zero-order valence-electron chi connectivity index (χ0n) is 15.1. The highest BCUT2D eigenvalue weighted by molar-refractivity contribution is 9.10. The number of carbonyl (C=O) groups is 1. The Morgan fingerprint density at radius 2 is 2.04 bits per heavy atom. The van der Waals surface area contributed by atoms with Gasteiger partial charge in [-0.1, -0.05) is 19.9 Å². The first-order valence-electron chi connectivity index (χ1n) is 8.36. The first-order chi connectivity index (χ1) is 12.5. The Bertz CT molecular complexity index is 808. The van der Waals surface area contributed by atoms with Gasteiger partial charge in [0, 0.05) is 23.1 Å². The fourth-order valence-electron chi connectivity index (χ4n) is 2.48. The lowest BCUT2D eigenvalue weighted by Crippen LogP contribution is -2.09. The van der Waals surface area contributed by atoms with Crippen LogP contribution in [0, 0.1) is 5.41 Å². The van der Waals surface area contributed by atoms with Crippen molar-refractivity contribution in [2.75, 3.05) is 6.26 Å². The summed E-state index contributed by atoms with van der Waals surface area (Å²) in [5, 5.41) is 7.59. The van der Waals surface area contributed by atoms with E-state index in [0.29, 0.717) is 17.9 Å². The van der Waals surface area contributed by atoms with E-state index < -0.39 is 0 Å². The van der Waals surface area contributed by atoms with Crippen molar-refractivity contribution in [3.05, 3.63) is 51.5 Å². The summed E-state index contributed by atoms with van der Waals surface area (Å²) in [6.45, 7) is 4.09. The molecule has 2 rings (SSSR count). The number of hydrogen-bond donors (Lipinski definition) is 1. The summed E-state index contributed by atoms with van der Waals surface area (Å²) in [6, 6.07) is 9.46. The number of hydrogen-bond acceptors (Lipinski definition) is 5. The fraction of sp³-hybridized carbons (Fsp3) is 0.300. The predicted molar refractivity (Wildman–Crippen MR) is 110 cm³/mol. The number of aryl methyl sites for hydroxylation is 1. The van der Waals surface area contributed by atoms with Gasteiger partial charge in [0.15, 0.2) is 0 Å². The zero-order valence-corrected chi connectivity index (χ0v) is 17.5. The van der Waals surface area contributed by atoms with Crippen LogP contribution in [0.2, 0.25) is 0 Å². The van der Waals surface area contributed by atoms with E-state index in [1.165, 1.54) is 6.21 Å². The minimum absolute atomic E-state index is 0.269. The third kappa shape index (κ3) is 4.89. The number of carbonyl (C=O) groups excluding carboxylic acids is 1. The summed E-state index contributed by atoms with van der Waals surface area (Å²) >= 11 is 5.12. The number of ether oxygens (including phenoxy) is 2. The first-order valence-corrected chi connectivity index (χ1v) is 10.4. The Kier molecular flexibility index (Phi) is 7.72. The van der Waals surface area contributed by atoms with Crippen molar-refractivity contribution in [1.82, 2.24) is 0 Å². The van der Waals surface area contributed by atoms with Crippen molar-refractivity contribution in [3.63, 3.8) is 0 Å². The molecule has 26 heavy (non-hydrogen) atoms. The van der Waals surface area contributed by atoms with Crippen LogP contribution in [-0.2, 0) is 17.8 Å². The van der Waals surface area contributed by atoms with Gasteiger partial charge in [-0.25, -0.2) is 0 Å². The zero-order chi connectivity index (χ0) is 19.1. The van der Waals surface area contributed by atoms with Crippen LogP contribution in [0.15, 0.2) is 39.7 Å². The molecule has 0 saturated carbocycles. The number of rotatable bonds is 8. The maximum absolute atomic E-state index is 11.7. The number of esters is 1. The minimum Gasteiger partial charge on any atom is -0.488 e. The van der Waals surface area contributed by atoms with E-state index in [2.05, 4.69) is 22.9 Å².